The van der Waals surface area contributed by atoms with Crippen LogP contribution in [0.15, 0.2) is 24.3 Å². The Morgan fingerprint density at radius 1 is 1.32 bits per heavy atom. The molecule has 1 amide bonds. The zero-order valence-electron chi connectivity index (χ0n) is 16.4. The molecule has 7 heteroatoms. The SMILES string of the molecule is Cc1nn(C)c(C)c1/C=C/C(=O)NCC1(c2ccc(Cl)cc2Cl)CCOCC1. The third kappa shape index (κ3) is 4.43. The fourth-order valence-electron chi connectivity index (χ4n) is 3.73. The lowest BCUT2D eigenvalue weighted by molar-refractivity contribution is -0.116. The van der Waals surface area contributed by atoms with Crippen LogP contribution in [0.25, 0.3) is 6.08 Å². The molecule has 0 saturated carbocycles. The molecule has 0 bridgehead atoms. The first-order valence-corrected chi connectivity index (χ1v) is 10.1. The summed E-state index contributed by atoms with van der Waals surface area (Å²) >= 11 is 12.5. The molecule has 3 rings (SSSR count). The molecule has 5 nitrogen and oxygen atoms in total. The van der Waals surface area contributed by atoms with Gasteiger partial charge >= 0.3 is 0 Å². The maximum absolute atomic E-state index is 12.5. The van der Waals surface area contributed by atoms with Gasteiger partial charge in [0.05, 0.1) is 5.69 Å². The van der Waals surface area contributed by atoms with Crippen molar-refractivity contribution in [2.24, 2.45) is 7.05 Å². The van der Waals surface area contributed by atoms with E-state index in [2.05, 4.69) is 10.4 Å². The van der Waals surface area contributed by atoms with E-state index in [0.717, 1.165) is 35.4 Å². The van der Waals surface area contributed by atoms with Crippen LogP contribution >= 0.6 is 23.2 Å². The molecular formula is C21H25Cl2N3O2. The highest BCUT2D eigenvalue weighted by Crippen LogP contribution is 2.39. The van der Waals surface area contributed by atoms with Gasteiger partial charge in [-0.1, -0.05) is 29.3 Å². The first-order chi connectivity index (χ1) is 13.3. The van der Waals surface area contributed by atoms with Crippen LogP contribution in [0.5, 0.6) is 0 Å². The number of aromatic nitrogens is 2. The van der Waals surface area contributed by atoms with Crippen molar-refractivity contribution < 1.29 is 9.53 Å². The predicted octanol–water partition coefficient (Wildman–Crippen LogP) is 4.22. The van der Waals surface area contributed by atoms with Gasteiger partial charge in [0.15, 0.2) is 0 Å². The van der Waals surface area contributed by atoms with E-state index in [1.54, 1.807) is 12.1 Å². The normalized spacial score (nSPS) is 16.5. The summed E-state index contributed by atoms with van der Waals surface area (Å²) in [5.41, 5.74) is 3.64. The Bertz CT molecular complexity index is 899. The van der Waals surface area contributed by atoms with Crippen molar-refractivity contribution in [3.63, 3.8) is 0 Å². The van der Waals surface area contributed by atoms with E-state index >= 15 is 0 Å². The molecule has 0 unspecified atom stereocenters. The Kier molecular flexibility index (Phi) is 6.48. The van der Waals surface area contributed by atoms with Gasteiger partial charge in [-0.05, 0) is 50.5 Å². The molecule has 28 heavy (non-hydrogen) atoms. The van der Waals surface area contributed by atoms with E-state index in [1.807, 2.05) is 43.8 Å². The number of amides is 1. The standard InChI is InChI=1S/C21H25Cl2N3O2/c1-14-17(15(2)26(3)25-14)5-7-20(27)24-13-21(8-10-28-11-9-21)18-6-4-16(22)12-19(18)23/h4-7,12H,8-11,13H2,1-3H3,(H,24,27)/b7-5+. The van der Waals surface area contributed by atoms with Crippen LogP contribution in [-0.2, 0) is 22.0 Å². The fraction of sp³-hybridized carbons (Fsp3) is 0.429. The Hall–Kier alpha value is -1.82. The number of rotatable bonds is 5. The number of aryl methyl sites for hydroxylation is 2. The molecular weight excluding hydrogens is 397 g/mol. The van der Waals surface area contributed by atoms with Gasteiger partial charge in [0.25, 0.3) is 0 Å². The summed E-state index contributed by atoms with van der Waals surface area (Å²) < 4.78 is 7.36. The second kappa shape index (κ2) is 8.68. The number of carbonyl (C=O) groups is 1. The summed E-state index contributed by atoms with van der Waals surface area (Å²) in [6.07, 6.45) is 4.96. The summed E-state index contributed by atoms with van der Waals surface area (Å²) in [5.74, 6) is -0.140. The van der Waals surface area contributed by atoms with Crippen LogP contribution in [-0.4, -0.2) is 35.4 Å². The third-order valence-electron chi connectivity index (χ3n) is 5.52. The Morgan fingerprint density at radius 3 is 2.64 bits per heavy atom. The maximum atomic E-state index is 12.5. The molecule has 1 fully saturated rings. The second-order valence-corrected chi connectivity index (χ2v) is 8.12. The lowest BCUT2D eigenvalue weighted by atomic mass is 9.74. The number of hydrogen-bond donors (Lipinski definition) is 1. The lowest BCUT2D eigenvalue weighted by Gasteiger charge is -2.38. The lowest BCUT2D eigenvalue weighted by Crippen LogP contribution is -2.44. The first-order valence-electron chi connectivity index (χ1n) is 9.32. The van der Waals surface area contributed by atoms with E-state index in [1.165, 1.54) is 0 Å². The zero-order chi connectivity index (χ0) is 20.3. The van der Waals surface area contributed by atoms with Gasteiger partial charge < -0.3 is 10.1 Å². The minimum Gasteiger partial charge on any atom is -0.381 e. The van der Waals surface area contributed by atoms with Gasteiger partial charge in [0.1, 0.15) is 0 Å². The summed E-state index contributed by atoms with van der Waals surface area (Å²) in [7, 11) is 1.89. The number of benzene rings is 1. The molecule has 1 aliphatic rings. The Balaban J connectivity index is 1.75. The van der Waals surface area contributed by atoms with E-state index in [-0.39, 0.29) is 11.3 Å². The van der Waals surface area contributed by atoms with E-state index in [4.69, 9.17) is 27.9 Å². The first kappa shape index (κ1) is 20.9. The largest absolute Gasteiger partial charge is 0.381 e. The Labute approximate surface area is 175 Å². The molecule has 1 saturated heterocycles. The van der Waals surface area contributed by atoms with Crippen LogP contribution in [0.1, 0.15) is 35.4 Å². The minimum absolute atomic E-state index is 0.140. The number of nitrogens with zero attached hydrogens (tertiary/aromatic N) is 2. The van der Waals surface area contributed by atoms with Gasteiger partial charge in [-0.25, -0.2) is 0 Å². The van der Waals surface area contributed by atoms with E-state index < -0.39 is 0 Å². The average Bonchev–Trinajstić information content (AvgIpc) is 2.90. The van der Waals surface area contributed by atoms with Gasteiger partial charge in [-0.2, -0.15) is 5.10 Å². The van der Waals surface area contributed by atoms with Crippen molar-refractivity contribution in [3.8, 4) is 0 Å². The maximum Gasteiger partial charge on any atom is 0.244 e. The number of hydrogen-bond acceptors (Lipinski definition) is 3. The summed E-state index contributed by atoms with van der Waals surface area (Å²) in [4.78, 5) is 12.5. The molecule has 1 aromatic heterocycles. The van der Waals surface area contributed by atoms with Gasteiger partial charge in [-0.3, -0.25) is 9.48 Å². The molecule has 1 aliphatic heterocycles. The van der Waals surface area contributed by atoms with Crippen molar-refractivity contribution >= 4 is 35.2 Å². The van der Waals surface area contributed by atoms with Crippen molar-refractivity contribution in [2.75, 3.05) is 19.8 Å². The van der Waals surface area contributed by atoms with E-state index in [0.29, 0.717) is 29.8 Å². The number of halogens is 2. The predicted molar refractivity (Wildman–Crippen MR) is 113 cm³/mol. The average molecular weight is 422 g/mol. The van der Waals surface area contributed by atoms with Crippen LogP contribution < -0.4 is 5.32 Å². The molecule has 150 valence electrons. The smallest absolute Gasteiger partial charge is 0.244 e. The highest BCUT2D eigenvalue weighted by molar-refractivity contribution is 6.35. The van der Waals surface area contributed by atoms with E-state index in [9.17, 15) is 4.79 Å². The van der Waals surface area contributed by atoms with Crippen molar-refractivity contribution in [3.05, 3.63) is 56.8 Å². The molecule has 2 aromatic rings. The zero-order valence-corrected chi connectivity index (χ0v) is 17.9. The highest BCUT2D eigenvalue weighted by atomic mass is 35.5. The quantitative estimate of drug-likeness (QED) is 0.735. The second-order valence-electron chi connectivity index (χ2n) is 7.28. The minimum atomic E-state index is -0.260. The summed E-state index contributed by atoms with van der Waals surface area (Å²) in [6.45, 7) is 5.69. The fourth-order valence-corrected chi connectivity index (χ4v) is 4.34. The molecule has 1 N–H and O–H groups in total. The topological polar surface area (TPSA) is 56.2 Å². The van der Waals surface area contributed by atoms with Crippen LogP contribution in [0.4, 0.5) is 0 Å². The number of ether oxygens (including phenoxy) is 1. The van der Waals surface area contributed by atoms with Crippen molar-refractivity contribution in [2.45, 2.75) is 32.1 Å². The number of carbonyl (C=O) groups excluding carboxylic acids is 1. The van der Waals surface area contributed by atoms with Crippen molar-refractivity contribution in [1.82, 2.24) is 15.1 Å². The molecule has 2 heterocycles. The van der Waals surface area contributed by atoms with Crippen LogP contribution in [0.2, 0.25) is 10.0 Å². The monoisotopic (exact) mass is 421 g/mol. The van der Waals surface area contributed by atoms with Crippen molar-refractivity contribution in [1.29, 1.82) is 0 Å². The molecule has 0 aliphatic carbocycles. The summed E-state index contributed by atoms with van der Waals surface area (Å²) in [5, 5.41) is 8.65. The van der Waals surface area contributed by atoms with Gasteiger partial charge in [0.2, 0.25) is 5.91 Å². The Morgan fingerprint density at radius 2 is 2.04 bits per heavy atom. The van der Waals surface area contributed by atoms with Gasteiger partial charge in [0, 0.05) is 59.6 Å². The van der Waals surface area contributed by atoms with Crippen LogP contribution in [0, 0.1) is 13.8 Å². The van der Waals surface area contributed by atoms with Gasteiger partial charge in [-0.15, -0.1) is 0 Å². The molecule has 1 aromatic carbocycles. The highest BCUT2D eigenvalue weighted by Gasteiger charge is 2.36. The molecule has 0 radical (unpaired) electrons. The molecule has 0 spiro atoms. The molecule has 0 atom stereocenters. The number of nitrogens with one attached hydrogen (secondary N) is 1. The summed E-state index contributed by atoms with van der Waals surface area (Å²) in [6, 6.07) is 5.56. The van der Waals surface area contributed by atoms with Crippen LogP contribution in [0.3, 0.4) is 0 Å². The third-order valence-corrected chi connectivity index (χ3v) is 6.07.